The summed E-state index contributed by atoms with van der Waals surface area (Å²) in [6.07, 6.45) is 4.28. The largest absolute Gasteiger partial charge is 0.317 e. The maximum atomic E-state index is 5.72. The van der Waals surface area contributed by atoms with Gasteiger partial charge in [-0.25, -0.2) is 9.99 Å². The molecular weight excluding hydrogens is 210 g/mol. The predicted octanol–water partition coefficient (Wildman–Crippen LogP) is 2.79. The highest BCUT2D eigenvalue weighted by Gasteiger charge is 2.15. The highest BCUT2D eigenvalue weighted by atomic mass is 35.5. The second kappa shape index (κ2) is 4.81. The van der Waals surface area contributed by atoms with E-state index in [1.807, 2.05) is 6.07 Å². The van der Waals surface area contributed by atoms with Gasteiger partial charge in [0.25, 0.3) is 0 Å². The summed E-state index contributed by atoms with van der Waals surface area (Å²) in [6, 6.07) is 3.75. The number of nitrogens with one attached hydrogen (secondary N) is 1. The molecule has 3 nitrogen and oxygen atoms in total. The fraction of sp³-hybridized carbons (Fsp3) is 0.545. The molecule has 0 spiro atoms. The van der Waals surface area contributed by atoms with Gasteiger partial charge in [0.15, 0.2) is 0 Å². The zero-order chi connectivity index (χ0) is 10.7. The second-order valence-corrected chi connectivity index (χ2v) is 4.54. The maximum absolute atomic E-state index is 5.72. The number of pyridine rings is 1. The average Bonchev–Trinajstić information content (AvgIpc) is 2.25. The quantitative estimate of drug-likeness (QED) is 0.785. The lowest BCUT2D eigenvalue weighted by molar-refractivity contribution is 0.227. The molecular formula is C11H16ClN3. The number of hydrogen-bond acceptors (Lipinski definition) is 3. The molecule has 1 aromatic heterocycles. The van der Waals surface area contributed by atoms with E-state index in [2.05, 4.69) is 22.3 Å². The number of halogens is 1. The van der Waals surface area contributed by atoms with Crippen LogP contribution in [0.2, 0.25) is 5.15 Å². The first kappa shape index (κ1) is 10.7. The van der Waals surface area contributed by atoms with Crippen molar-refractivity contribution in [1.29, 1.82) is 0 Å². The first-order chi connectivity index (χ1) is 7.24. The molecule has 0 unspecified atom stereocenters. The first-order valence-corrected chi connectivity index (χ1v) is 5.75. The third-order valence-corrected chi connectivity index (χ3v) is 3.02. The second-order valence-electron chi connectivity index (χ2n) is 4.15. The van der Waals surface area contributed by atoms with Crippen LogP contribution in [0.4, 0.5) is 5.69 Å². The van der Waals surface area contributed by atoms with Gasteiger partial charge < -0.3 is 5.43 Å². The van der Waals surface area contributed by atoms with E-state index in [9.17, 15) is 0 Å². The Morgan fingerprint density at radius 3 is 2.73 bits per heavy atom. The lowest BCUT2D eigenvalue weighted by Gasteiger charge is -2.30. The van der Waals surface area contributed by atoms with Gasteiger partial charge >= 0.3 is 0 Å². The molecule has 82 valence electrons. The number of rotatable bonds is 2. The Kier molecular flexibility index (Phi) is 3.44. The predicted molar refractivity (Wildman–Crippen MR) is 62.8 cm³/mol. The Hall–Kier alpha value is -0.800. The molecule has 2 rings (SSSR count). The van der Waals surface area contributed by atoms with E-state index in [-0.39, 0.29) is 0 Å². The molecule has 1 N–H and O–H groups in total. The molecule has 0 radical (unpaired) electrons. The highest BCUT2D eigenvalue weighted by molar-refractivity contribution is 6.29. The highest BCUT2D eigenvalue weighted by Crippen LogP contribution is 2.17. The van der Waals surface area contributed by atoms with Crippen LogP contribution in [0, 0.1) is 5.92 Å². The third-order valence-electron chi connectivity index (χ3n) is 2.80. The minimum absolute atomic E-state index is 0.535. The van der Waals surface area contributed by atoms with E-state index in [1.165, 1.54) is 12.8 Å². The van der Waals surface area contributed by atoms with E-state index in [1.54, 1.807) is 12.3 Å². The van der Waals surface area contributed by atoms with Crippen LogP contribution in [0.15, 0.2) is 18.3 Å². The minimum Gasteiger partial charge on any atom is -0.317 e. The lowest BCUT2D eigenvalue weighted by atomic mass is 10.0. The number of hydrazine groups is 1. The van der Waals surface area contributed by atoms with Crippen molar-refractivity contribution >= 4 is 17.3 Å². The van der Waals surface area contributed by atoms with E-state index in [4.69, 9.17) is 11.6 Å². The Morgan fingerprint density at radius 1 is 1.40 bits per heavy atom. The average molecular weight is 226 g/mol. The monoisotopic (exact) mass is 225 g/mol. The Balaban J connectivity index is 1.89. The fourth-order valence-corrected chi connectivity index (χ4v) is 1.86. The van der Waals surface area contributed by atoms with Crippen LogP contribution in [-0.4, -0.2) is 23.1 Å². The minimum atomic E-state index is 0.535. The zero-order valence-corrected chi connectivity index (χ0v) is 9.67. The number of hydrogen-bond donors (Lipinski definition) is 1. The van der Waals surface area contributed by atoms with Crippen molar-refractivity contribution in [3.8, 4) is 0 Å². The molecule has 1 saturated heterocycles. The normalized spacial score (nSPS) is 19.1. The van der Waals surface area contributed by atoms with Gasteiger partial charge in [-0.1, -0.05) is 18.5 Å². The third kappa shape index (κ3) is 3.08. The zero-order valence-electron chi connectivity index (χ0n) is 8.91. The van der Waals surface area contributed by atoms with Crippen LogP contribution in [0.25, 0.3) is 0 Å². The van der Waals surface area contributed by atoms with Crippen LogP contribution in [0.5, 0.6) is 0 Å². The molecule has 0 aromatic carbocycles. The summed E-state index contributed by atoms with van der Waals surface area (Å²) >= 11 is 5.72. The van der Waals surface area contributed by atoms with E-state index in [0.29, 0.717) is 5.15 Å². The first-order valence-electron chi connectivity index (χ1n) is 5.37. The molecule has 0 saturated carbocycles. The Morgan fingerprint density at radius 2 is 2.13 bits per heavy atom. The van der Waals surface area contributed by atoms with Gasteiger partial charge in [0.05, 0.1) is 11.9 Å². The summed E-state index contributed by atoms with van der Waals surface area (Å²) in [5.74, 6) is 0.853. The fourth-order valence-electron chi connectivity index (χ4n) is 1.74. The van der Waals surface area contributed by atoms with E-state index < -0.39 is 0 Å². The molecule has 1 aromatic rings. The van der Waals surface area contributed by atoms with Crippen LogP contribution >= 0.6 is 11.6 Å². The van der Waals surface area contributed by atoms with E-state index in [0.717, 1.165) is 24.7 Å². The van der Waals surface area contributed by atoms with Crippen LogP contribution in [0.1, 0.15) is 19.8 Å². The molecule has 1 fully saturated rings. The number of anilines is 1. The van der Waals surface area contributed by atoms with Gasteiger partial charge in [0, 0.05) is 13.1 Å². The molecule has 1 aliphatic rings. The summed E-state index contributed by atoms with van der Waals surface area (Å²) in [6.45, 7) is 4.51. The maximum Gasteiger partial charge on any atom is 0.129 e. The van der Waals surface area contributed by atoms with Crippen molar-refractivity contribution in [2.75, 3.05) is 18.5 Å². The van der Waals surface area contributed by atoms with Crippen molar-refractivity contribution in [2.24, 2.45) is 5.92 Å². The summed E-state index contributed by atoms with van der Waals surface area (Å²) in [5, 5.41) is 2.78. The topological polar surface area (TPSA) is 28.2 Å². The van der Waals surface area contributed by atoms with Gasteiger partial charge in [0.1, 0.15) is 5.15 Å². The van der Waals surface area contributed by atoms with Gasteiger partial charge in [-0.2, -0.15) is 0 Å². The Labute approximate surface area is 95.4 Å². The van der Waals surface area contributed by atoms with Crippen molar-refractivity contribution in [1.82, 2.24) is 9.99 Å². The van der Waals surface area contributed by atoms with Crippen molar-refractivity contribution < 1.29 is 0 Å². The summed E-state index contributed by atoms with van der Waals surface area (Å²) in [7, 11) is 0. The van der Waals surface area contributed by atoms with Crippen LogP contribution in [-0.2, 0) is 0 Å². The van der Waals surface area contributed by atoms with Gasteiger partial charge in [-0.15, -0.1) is 0 Å². The van der Waals surface area contributed by atoms with Gasteiger partial charge in [-0.3, -0.25) is 0 Å². The smallest absolute Gasteiger partial charge is 0.129 e. The molecule has 1 aliphatic heterocycles. The number of piperidine rings is 1. The van der Waals surface area contributed by atoms with Gasteiger partial charge in [0.2, 0.25) is 0 Å². The van der Waals surface area contributed by atoms with Crippen LogP contribution in [0.3, 0.4) is 0 Å². The summed E-state index contributed by atoms with van der Waals surface area (Å²) in [5.41, 5.74) is 4.35. The van der Waals surface area contributed by atoms with Crippen LogP contribution < -0.4 is 5.43 Å². The van der Waals surface area contributed by atoms with Crippen molar-refractivity contribution in [3.05, 3.63) is 23.5 Å². The lowest BCUT2D eigenvalue weighted by Crippen LogP contribution is -2.37. The standard InChI is InChI=1S/C11H16ClN3/c1-9-4-6-15(7-5-9)14-10-2-3-11(12)13-8-10/h2-3,8-9,14H,4-7H2,1H3. The number of aromatic nitrogens is 1. The summed E-state index contributed by atoms with van der Waals surface area (Å²) in [4.78, 5) is 4.04. The molecule has 0 amide bonds. The van der Waals surface area contributed by atoms with E-state index >= 15 is 0 Å². The molecule has 0 atom stereocenters. The molecule has 0 bridgehead atoms. The van der Waals surface area contributed by atoms with Crippen molar-refractivity contribution in [2.45, 2.75) is 19.8 Å². The van der Waals surface area contributed by atoms with Crippen molar-refractivity contribution in [3.63, 3.8) is 0 Å². The molecule has 4 heteroatoms. The molecule has 0 aliphatic carbocycles. The Bertz CT molecular complexity index is 304. The molecule has 2 heterocycles. The molecule has 15 heavy (non-hydrogen) atoms. The summed E-state index contributed by atoms with van der Waals surface area (Å²) < 4.78 is 0. The number of nitrogens with zero attached hydrogens (tertiary/aromatic N) is 2. The van der Waals surface area contributed by atoms with Gasteiger partial charge in [-0.05, 0) is 30.9 Å². The SMILES string of the molecule is CC1CCN(Nc2ccc(Cl)nc2)CC1.